The highest BCUT2D eigenvalue weighted by molar-refractivity contribution is 5.80. The van der Waals surface area contributed by atoms with Gasteiger partial charge in [0.25, 0.3) is 0 Å². The van der Waals surface area contributed by atoms with E-state index in [-0.39, 0.29) is 6.61 Å². The van der Waals surface area contributed by atoms with Gasteiger partial charge in [0.15, 0.2) is 6.29 Å². The van der Waals surface area contributed by atoms with Crippen LogP contribution in [0.3, 0.4) is 0 Å². The highest BCUT2D eigenvalue weighted by Crippen LogP contribution is 2.23. The maximum Gasteiger partial charge on any atom is 0.249 e. The van der Waals surface area contributed by atoms with Crippen molar-refractivity contribution in [1.29, 1.82) is 0 Å². The van der Waals surface area contributed by atoms with Crippen molar-refractivity contribution in [2.24, 2.45) is 0 Å². The van der Waals surface area contributed by atoms with Gasteiger partial charge >= 0.3 is 0 Å². The molecule has 0 aromatic carbocycles. The summed E-state index contributed by atoms with van der Waals surface area (Å²) in [5, 5.41) is 64.6. The van der Waals surface area contributed by atoms with E-state index in [0.29, 0.717) is 12.8 Å². The van der Waals surface area contributed by atoms with E-state index in [0.717, 1.165) is 57.8 Å². The monoisotopic (exact) mass is 824 g/mol. The lowest BCUT2D eigenvalue weighted by atomic mass is 9.99. The first-order valence-electron chi connectivity index (χ1n) is 23.8. The Kier molecular flexibility index (Phi) is 35.9. The van der Waals surface area contributed by atoms with Crippen LogP contribution in [0.4, 0.5) is 0 Å². The quantitative estimate of drug-likeness (QED) is 0.0236. The summed E-state index contributed by atoms with van der Waals surface area (Å²) in [5.41, 5.74) is 0. The van der Waals surface area contributed by atoms with E-state index >= 15 is 0 Å². The second-order valence-electron chi connectivity index (χ2n) is 16.7. The van der Waals surface area contributed by atoms with Crippen LogP contribution in [0.5, 0.6) is 0 Å². The number of aliphatic hydroxyl groups is 6. The van der Waals surface area contributed by atoms with Gasteiger partial charge in [0.05, 0.1) is 25.4 Å². The summed E-state index contributed by atoms with van der Waals surface area (Å²) in [4.78, 5) is 13.0. The molecule has 7 N–H and O–H groups in total. The Morgan fingerprint density at radius 2 is 1.00 bits per heavy atom. The van der Waals surface area contributed by atoms with Gasteiger partial charge < -0.3 is 45.4 Å². The predicted octanol–water partition coefficient (Wildman–Crippen LogP) is 9.03. The molecule has 0 saturated carbocycles. The number of carbonyl (C=O) groups is 1. The number of unbranched alkanes of at least 4 members (excludes halogenated alkanes) is 24. The molecule has 1 aliphatic rings. The number of hydrogen-bond acceptors (Lipinski definition) is 9. The van der Waals surface area contributed by atoms with Crippen molar-refractivity contribution in [2.75, 3.05) is 13.2 Å². The minimum atomic E-state index is -1.61. The average molecular weight is 824 g/mol. The zero-order valence-corrected chi connectivity index (χ0v) is 36.9. The fourth-order valence-electron chi connectivity index (χ4n) is 7.33. The number of aliphatic hydroxyl groups excluding tert-OH is 6. The van der Waals surface area contributed by atoms with Crippen LogP contribution in [0.2, 0.25) is 0 Å². The van der Waals surface area contributed by atoms with E-state index in [9.17, 15) is 35.4 Å². The first-order valence-corrected chi connectivity index (χ1v) is 23.8. The molecule has 10 nitrogen and oxygen atoms in total. The molecule has 58 heavy (non-hydrogen) atoms. The highest BCUT2D eigenvalue weighted by atomic mass is 16.7. The molecule has 2 unspecified atom stereocenters. The summed E-state index contributed by atoms with van der Waals surface area (Å²) in [6, 6.07) is -0.986. The van der Waals surface area contributed by atoms with Crippen LogP contribution in [0, 0.1) is 0 Å². The number of nitrogens with one attached hydrogen (secondary N) is 1. The van der Waals surface area contributed by atoms with Gasteiger partial charge in [0.1, 0.15) is 30.5 Å². The zero-order valence-electron chi connectivity index (χ0n) is 36.9. The van der Waals surface area contributed by atoms with Crippen LogP contribution < -0.4 is 5.32 Å². The Morgan fingerprint density at radius 1 is 0.586 bits per heavy atom. The van der Waals surface area contributed by atoms with Crippen LogP contribution in [-0.4, -0.2) is 98.7 Å². The van der Waals surface area contributed by atoms with Crippen molar-refractivity contribution in [3.8, 4) is 0 Å². The SMILES string of the molecule is CCCCCC/C=C/CCCCC/C=C/[C@@H](O)[C@H](CO[C@@H]1OC(CO)[C@@H](O)[C@@H](O)C1O)NC(=O)[C@H](O)CCCCCCCCCCCC/C=C\CCCCCCCC. The third-order valence-electron chi connectivity index (χ3n) is 11.3. The molecule has 0 aromatic heterocycles. The fraction of sp³-hybridized carbons (Fsp3) is 0.854. The molecule has 1 aliphatic heterocycles. The molecule has 0 spiro atoms. The van der Waals surface area contributed by atoms with Crippen molar-refractivity contribution in [2.45, 2.75) is 249 Å². The van der Waals surface area contributed by atoms with Crippen molar-refractivity contribution < 1.29 is 44.9 Å². The maximum absolute atomic E-state index is 13.0. The maximum atomic E-state index is 13.0. The smallest absolute Gasteiger partial charge is 0.249 e. The van der Waals surface area contributed by atoms with Crippen LogP contribution >= 0.6 is 0 Å². The Bertz CT molecular complexity index is 1020. The summed E-state index contributed by atoms with van der Waals surface area (Å²) in [5.74, 6) is -0.624. The summed E-state index contributed by atoms with van der Waals surface area (Å²) in [7, 11) is 0. The van der Waals surface area contributed by atoms with Crippen LogP contribution in [0.1, 0.15) is 200 Å². The largest absolute Gasteiger partial charge is 0.394 e. The Labute approximate surface area is 354 Å². The molecule has 0 aromatic rings. The molecular weight excluding hydrogens is 735 g/mol. The van der Waals surface area contributed by atoms with Crippen LogP contribution in [0.15, 0.2) is 36.5 Å². The number of rotatable bonds is 39. The van der Waals surface area contributed by atoms with E-state index in [2.05, 4.69) is 43.5 Å². The summed E-state index contributed by atoms with van der Waals surface area (Å²) in [6.07, 6.45) is 36.6. The van der Waals surface area contributed by atoms with Crippen molar-refractivity contribution in [3.05, 3.63) is 36.5 Å². The molecule has 0 bridgehead atoms. The molecule has 1 heterocycles. The predicted molar refractivity (Wildman–Crippen MR) is 236 cm³/mol. The minimum Gasteiger partial charge on any atom is -0.394 e. The van der Waals surface area contributed by atoms with Gasteiger partial charge in [-0.3, -0.25) is 4.79 Å². The van der Waals surface area contributed by atoms with Gasteiger partial charge in [0.2, 0.25) is 5.91 Å². The standard InChI is InChI=1S/C48H89NO9/c1-3-5-7-9-11-13-15-17-18-19-20-21-22-23-25-27-29-31-33-35-37-42(52)47(56)49-40(39-57-48-46(55)45(54)44(53)43(38-50)58-48)41(51)36-34-32-30-28-26-24-16-14-12-10-8-6-4-2/h14,16-18,34,36,40-46,48,50-55H,3-13,15,19-33,35,37-39H2,1-2H3,(H,49,56)/b16-14+,18-17-,36-34+/t40-,41+,42+,43?,44+,45+,46?,48+/m0/s1. The number of allylic oxidation sites excluding steroid dienone is 5. The molecule has 8 atom stereocenters. The molecule has 1 fully saturated rings. The summed E-state index contributed by atoms with van der Waals surface area (Å²) >= 11 is 0. The van der Waals surface area contributed by atoms with E-state index in [1.165, 1.54) is 116 Å². The van der Waals surface area contributed by atoms with E-state index < -0.39 is 61.5 Å². The van der Waals surface area contributed by atoms with Crippen LogP contribution in [-0.2, 0) is 14.3 Å². The second kappa shape index (κ2) is 38.3. The Balaban J connectivity index is 2.37. The van der Waals surface area contributed by atoms with Crippen molar-refractivity contribution >= 4 is 5.91 Å². The third-order valence-corrected chi connectivity index (χ3v) is 11.3. The molecule has 0 radical (unpaired) electrons. The van der Waals surface area contributed by atoms with Gasteiger partial charge in [0, 0.05) is 0 Å². The first-order chi connectivity index (χ1) is 28.3. The minimum absolute atomic E-state index is 0.305. The summed E-state index contributed by atoms with van der Waals surface area (Å²) < 4.78 is 11.1. The molecule has 1 rings (SSSR count). The molecule has 10 heteroatoms. The fourth-order valence-corrected chi connectivity index (χ4v) is 7.33. The normalized spacial score (nSPS) is 21.7. The van der Waals surface area contributed by atoms with Gasteiger partial charge in [-0.1, -0.05) is 166 Å². The van der Waals surface area contributed by atoms with Crippen LogP contribution in [0.25, 0.3) is 0 Å². The first kappa shape index (κ1) is 54.4. The highest BCUT2D eigenvalue weighted by Gasteiger charge is 2.44. The van der Waals surface area contributed by atoms with Gasteiger partial charge in [-0.25, -0.2) is 0 Å². The number of carbonyl (C=O) groups excluding carboxylic acids is 1. The lowest BCUT2D eigenvalue weighted by Crippen LogP contribution is -2.60. The Hall–Kier alpha value is -1.63. The summed E-state index contributed by atoms with van der Waals surface area (Å²) in [6.45, 7) is 3.57. The molecule has 340 valence electrons. The average Bonchev–Trinajstić information content (AvgIpc) is 3.22. The second-order valence-corrected chi connectivity index (χ2v) is 16.7. The lowest BCUT2D eigenvalue weighted by molar-refractivity contribution is -0.302. The Morgan fingerprint density at radius 3 is 1.48 bits per heavy atom. The van der Waals surface area contributed by atoms with E-state index in [4.69, 9.17) is 9.47 Å². The molecule has 1 amide bonds. The zero-order chi connectivity index (χ0) is 42.5. The van der Waals surface area contributed by atoms with E-state index in [1.54, 1.807) is 6.08 Å². The topological polar surface area (TPSA) is 169 Å². The van der Waals surface area contributed by atoms with Gasteiger partial charge in [-0.2, -0.15) is 0 Å². The molecule has 1 saturated heterocycles. The number of amides is 1. The molecule has 0 aliphatic carbocycles. The van der Waals surface area contributed by atoms with Gasteiger partial charge in [-0.15, -0.1) is 0 Å². The number of hydrogen-bond donors (Lipinski definition) is 7. The number of ether oxygens (including phenoxy) is 2. The lowest BCUT2D eigenvalue weighted by Gasteiger charge is -2.40. The molecular formula is C48H89NO9. The third kappa shape index (κ3) is 28.0. The van der Waals surface area contributed by atoms with Crippen molar-refractivity contribution in [3.63, 3.8) is 0 Å². The van der Waals surface area contributed by atoms with E-state index in [1.807, 2.05) is 6.08 Å². The van der Waals surface area contributed by atoms with Gasteiger partial charge in [-0.05, 0) is 70.6 Å². The van der Waals surface area contributed by atoms with Crippen molar-refractivity contribution in [1.82, 2.24) is 5.32 Å².